The van der Waals surface area contributed by atoms with E-state index in [0.717, 1.165) is 23.6 Å². The standard InChI is InChI=1S/C24H21ClF3N7O3/c1-13-9-15-6-8-31-34(15)20(23(37)30-11-14-4-5-14)19(13)32-22(36)17-10-18(38-12-24(26,27)28)33-35(17)21-16(25)3-2-7-29-21/h2-3,6-10,14H,4-5,11-12H2,1H3,(H,30,37)(H,32,36). The van der Waals surface area contributed by atoms with Crippen LogP contribution in [-0.4, -0.2) is 55.5 Å². The largest absolute Gasteiger partial charge is 0.467 e. The zero-order chi connectivity index (χ0) is 27.0. The van der Waals surface area contributed by atoms with E-state index >= 15 is 0 Å². The predicted molar refractivity (Wildman–Crippen MR) is 131 cm³/mol. The van der Waals surface area contributed by atoms with Crippen LogP contribution in [0.15, 0.2) is 42.7 Å². The molecule has 0 aliphatic heterocycles. The number of aromatic nitrogens is 5. The number of halogens is 4. The number of pyridine rings is 2. The maximum absolute atomic E-state index is 13.5. The first-order valence-electron chi connectivity index (χ1n) is 11.6. The molecule has 0 aromatic carbocycles. The van der Waals surface area contributed by atoms with Crippen LogP contribution in [0, 0.1) is 12.8 Å². The summed E-state index contributed by atoms with van der Waals surface area (Å²) in [4.78, 5) is 30.8. The molecule has 0 radical (unpaired) electrons. The van der Waals surface area contributed by atoms with E-state index < -0.39 is 30.5 Å². The number of fused-ring (bicyclic) bond motifs is 1. The van der Waals surface area contributed by atoms with Gasteiger partial charge < -0.3 is 15.4 Å². The van der Waals surface area contributed by atoms with Crippen molar-refractivity contribution in [2.24, 2.45) is 5.92 Å². The van der Waals surface area contributed by atoms with Gasteiger partial charge in [0.15, 0.2) is 18.1 Å². The molecular formula is C24H21ClF3N7O3. The summed E-state index contributed by atoms with van der Waals surface area (Å²) in [5, 5.41) is 13.9. The van der Waals surface area contributed by atoms with Gasteiger partial charge in [-0.05, 0) is 55.5 Å². The summed E-state index contributed by atoms with van der Waals surface area (Å²) in [5.74, 6) is -1.26. The highest BCUT2D eigenvalue weighted by atomic mass is 35.5. The molecule has 4 heterocycles. The molecule has 198 valence electrons. The average Bonchev–Trinajstić information content (AvgIpc) is 3.41. The zero-order valence-corrected chi connectivity index (χ0v) is 20.7. The lowest BCUT2D eigenvalue weighted by atomic mass is 10.1. The lowest BCUT2D eigenvalue weighted by Gasteiger charge is -2.16. The molecule has 0 saturated heterocycles. The Morgan fingerprint density at radius 2 is 1.97 bits per heavy atom. The van der Waals surface area contributed by atoms with Crippen LogP contribution in [0.1, 0.15) is 39.4 Å². The van der Waals surface area contributed by atoms with Gasteiger partial charge in [-0.3, -0.25) is 9.59 Å². The third-order valence-electron chi connectivity index (χ3n) is 5.82. The Balaban J connectivity index is 1.53. The number of rotatable bonds is 8. The molecule has 1 fully saturated rings. The van der Waals surface area contributed by atoms with E-state index in [1.54, 1.807) is 25.1 Å². The molecule has 2 N–H and O–H groups in total. The van der Waals surface area contributed by atoms with Gasteiger partial charge in [0, 0.05) is 18.8 Å². The number of alkyl halides is 3. The van der Waals surface area contributed by atoms with E-state index in [1.165, 1.54) is 23.0 Å². The van der Waals surface area contributed by atoms with Crippen LogP contribution in [-0.2, 0) is 0 Å². The smallest absolute Gasteiger partial charge is 0.422 e. The van der Waals surface area contributed by atoms with Gasteiger partial charge in [-0.2, -0.15) is 18.3 Å². The fourth-order valence-corrected chi connectivity index (χ4v) is 4.03. The zero-order valence-electron chi connectivity index (χ0n) is 19.9. The number of nitrogens with one attached hydrogen (secondary N) is 2. The van der Waals surface area contributed by atoms with E-state index in [0.29, 0.717) is 23.5 Å². The number of anilines is 1. The van der Waals surface area contributed by atoms with Crippen LogP contribution in [0.3, 0.4) is 0 Å². The number of hydrogen-bond donors (Lipinski definition) is 2. The lowest BCUT2D eigenvalue weighted by Crippen LogP contribution is -2.30. The van der Waals surface area contributed by atoms with E-state index in [-0.39, 0.29) is 27.9 Å². The Bertz CT molecular complexity index is 1530. The molecule has 0 bridgehead atoms. The molecule has 0 spiro atoms. The lowest BCUT2D eigenvalue weighted by molar-refractivity contribution is -0.154. The molecule has 1 aliphatic rings. The van der Waals surface area contributed by atoms with Gasteiger partial charge in [0.2, 0.25) is 5.88 Å². The van der Waals surface area contributed by atoms with Gasteiger partial charge in [-0.25, -0.2) is 14.2 Å². The molecule has 38 heavy (non-hydrogen) atoms. The van der Waals surface area contributed by atoms with Crippen LogP contribution in [0.5, 0.6) is 5.88 Å². The Morgan fingerprint density at radius 1 is 1.18 bits per heavy atom. The summed E-state index contributed by atoms with van der Waals surface area (Å²) >= 11 is 6.22. The van der Waals surface area contributed by atoms with Gasteiger partial charge >= 0.3 is 6.18 Å². The number of ether oxygens (including phenoxy) is 1. The van der Waals surface area contributed by atoms with Crippen LogP contribution < -0.4 is 15.4 Å². The maximum Gasteiger partial charge on any atom is 0.422 e. The van der Waals surface area contributed by atoms with Crippen molar-refractivity contribution < 1.29 is 27.5 Å². The molecule has 0 unspecified atom stereocenters. The van der Waals surface area contributed by atoms with Gasteiger partial charge in [-0.1, -0.05) is 11.6 Å². The number of aryl methyl sites for hydroxylation is 1. The summed E-state index contributed by atoms with van der Waals surface area (Å²) in [6, 6.07) is 7.54. The maximum atomic E-state index is 13.5. The monoisotopic (exact) mass is 547 g/mol. The summed E-state index contributed by atoms with van der Waals surface area (Å²) in [6.07, 6.45) is 0.370. The van der Waals surface area contributed by atoms with Crippen LogP contribution in [0.2, 0.25) is 5.02 Å². The fraction of sp³-hybridized carbons (Fsp3) is 0.292. The quantitative estimate of drug-likeness (QED) is 0.341. The first-order valence-corrected chi connectivity index (χ1v) is 12.0. The Kier molecular flexibility index (Phi) is 6.69. The van der Waals surface area contributed by atoms with Crippen molar-refractivity contribution in [2.45, 2.75) is 25.9 Å². The summed E-state index contributed by atoms with van der Waals surface area (Å²) in [5.41, 5.74) is 1.28. The Hall–Kier alpha value is -4.13. The molecular weight excluding hydrogens is 527 g/mol. The topological polar surface area (TPSA) is 115 Å². The number of nitrogens with zero attached hydrogens (tertiary/aromatic N) is 5. The van der Waals surface area contributed by atoms with E-state index in [2.05, 4.69) is 25.8 Å². The van der Waals surface area contributed by atoms with Crippen LogP contribution >= 0.6 is 11.6 Å². The molecule has 2 amide bonds. The molecule has 5 rings (SSSR count). The SMILES string of the molecule is Cc1cc2ccnn2c(C(=O)NCC2CC2)c1NC(=O)c1cc(OCC(F)(F)F)nn1-c1ncccc1Cl. The Labute approximate surface area is 218 Å². The fourth-order valence-electron chi connectivity index (χ4n) is 3.83. The number of carbonyl (C=O) groups is 2. The predicted octanol–water partition coefficient (Wildman–Crippen LogP) is 4.21. The minimum Gasteiger partial charge on any atom is -0.467 e. The molecule has 4 aromatic heterocycles. The second-order valence-electron chi connectivity index (χ2n) is 8.82. The van der Waals surface area contributed by atoms with Crippen molar-refractivity contribution >= 4 is 34.6 Å². The minimum absolute atomic E-state index is 0.00262. The van der Waals surface area contributed by atoms with Gasteiger partial charge in [0.25, 0.3) is 11.8 Å². The molecule has 14 heteroatoms. The highest BCUT2D eigenvalue weighted by Gasteiger charge is 2.30. The van der Waals surface area contributed by atoms with Crippen LogP contribution in [0.25, 0.3) is 11.3 Å². The highest BCUT2D eigenvalue weighted by molar-refractivity contribution is 6.32. The van der Waals surface area contributed by atoms with E-state index in [9.17, 15) is 22.8 Å². The van der Waals surface area contributed by atoms with Gasteiger partial charge in [0.1, 0.15) is 5.69 Å². The van der Waals surface area contributed by atoms with Crippen molar-refractivity contribution in [2.75, 3.05) is 18.5 Å². The summed E-state index contributed by atoms with van der Waals surface area (Å²) in [7, 11) is 0. The second kappa shape index (κ2) is 9.97. The first kappa shape index (κ1) is 25.5. The molecule has 0 atom stereocenters. The number of amides is 2. The second-order valence-corrected chi connectivity index (χ2v) is 9.23. The Morgan fingerprint density at radius 3 is 2.68 bits per heavy atom. The summed E-state index contributed by atoms with van der Waals surface area (Å²) in [6.45, 7) is 0.597. The molecule has 1 aliphatic carbocycles. The minimum atomic E-state index is -4.62. The number of carbonyl (C=O) groups excluding carboxylic acids is 2. The van der Waals surface area contributed by atoms with Crippen molar-refractivity contribution in [3.63, 3.8) is 0 Å². The van der Waals surface area contributed by atoms with Gasteiger partial charge in [0.05, 0.1) is 22.4 Å². The van der Waals surface area contributed by atoms with Crippen molar-refractivity contribution in [3.8, 4) is 11.7 Å². The number of hydrogen-bond acceptors (Lipinski definition) is 6. The summed E-state index contributed by atoms with van der Waals surface area (Å²) < 4.78 is 45.4. The highest BCUT2D eigenvalue weighted by Crippen LogP contribution is 2.29. The normalized spacial score (nSPS) is 13.5. The first-order chi connectivity index (χ1) is 18.1. The molecule has 1 saturated carbocycles. The van der Waals surface area contributed by atoms with Crippen LogP contribution in [0.4, 0.5) is 18.9 Å². The van der Waals surface area contributed by atoms with Crippen molar-refractivity contribution in [1.29, 1.82) is 0 Å². The molecule has 4 aromatic rings. The van der Waals surface area contributed by atoms with Crippen molar-refractivity contribution in [3.05, 3.63) is 64.7 Å². The van der Waals surface area contributed by atoms with E-state index in [1.807, 2.05) is 0 Å². The van der Waals surface area contributed by atoms with Gasteiger partial charge in [-0.15, -0.1) is 5.10 Å². The van der Waals surface area contributed by atoms with E-state index in [4.69, 9.17) is 16.3 Å². The molecule has 10 nitrogen and oxygen atoms in total. The third-order valence-corrected chi connectivity index (χ3v) is 6.12. The third kappa shape index (κ3) is 5.42. The van der Waals surface area contributed by atoms with Crippen molar-refractivity contribution in [1.82, 2.24) is 29.7 Å². The average molecular weight is 548 g/mol.